The topological polar surface area (TPSA) is 0 Å². The van der Waals surface area contributed by atoms with E-state index in [4.69, 9.17) is 23.2 Å². The van der Waals surface area contributed by atoms with Crippen LogP contribution >= 0.6 is 44.8 Å². The van der Waals surface area contributed by atoms with Gasteiger partial charge in [-0.3, -0.25) is 0 Å². The van der Waals surface area contributed by atoms with Gasteiger partial charge >= 0.3 is 0 Å². The highest BCUT2D eigenvalue weighted by Crippen LogP contribution is 2.49. The maximum Gasteiger partial charge on any atom is 0.114 e. The smallest absolute Gasteiger partial charge is 0.105 e. The Hall–Kier alpha value is -0.280. The third kappa shape index (κ3) is 4.13. The minimum Gasteiger partial charge on any atom is -0.105 e. The molecule has 0 aromatic heterocycles. The van der Waals surface area contributed by atoms with Crippen molar-refractivity contribution in [3.05, 3.63) is 71.8 Å². The molecule has 0 radical (unpaired) electrons. The summed E-state index contributed by atoms with van der Waals surface area (Å²) in [4.78, 5) is 0. The predicted molar refractivity (Wildman–Crippen MR) is 85.3 cm³/mol. The second-order valence-corrected chi connectivity index (χ2v) is 7.52. The molecule has 2 aromatic rings. The summed E-state index contributed by atoms with van der Waals surface area (Å²) in [6, 6.07) is 20.0. The molecule has 0 heterocycles. The SMILES string of the molecule is ClC(SSC(Cl)c1ccccc1)c1ccccc1. The lowest BCUT2D eigenvalue weighted by molar-refractivity contribution is 1.36. The number of hydrogen-bond acceptors (Lipinski definition) is 2. The molecule has 0 spiro atoms. The number of halogens is 2. The Labute approximate surface area is 125 Å². The van der Waals surface area contributed by atoms with Crippen molar-refractivity contribution in [3.63, 3.8) is 0 Å². The first-order valence-electron chi connectivity index (χ1n) is 5.47. The molecule has 0 aliphatic heterocycles. The van der Waals surface area contributed by atoms with Crippen LogP contribution in [0, 0.1) is 0 Å². The van der Waals surface area contributed by atoms with Gasteiger partial charge in [0.1, 0.15) is 9.42 Å². The van der Waals surface area contributed by atoms with Crippen LogP contribution in [0.3, 0.4) is 0 Å². The van der Waals surface area contributed by atoms with Gasteiger partial charge in [0.05, 0.1) is 0 Å². The van der Waals surface area contributed by atoms with Crippen LogP contribution in [0.25, 0.3) is 0 Å². The third-order valence-corrected chi connectivity index (χ3v) is 6.50. The van der Waals surface area contributed by atoms with E-state index in [0.29, 0.717) is 0 Å². The van der Waals surface area contributed by atoms with Crippen LogP contribution in [-0.2, 0) is 0 Å². The molecule has 0 aliphatic carbocycles. The predicted octanol–water partition coefficient (Wildman–Crippen LogP) is 6.24. The lowest BCUT2D eigenvalue weighted by atomic mass is 10.2. The number of alkyl halides is 2. The summed E-state index contributed by atoms with van der Waals surface area (Å²) in [5.41, 5.74) is 2.21. The van der Waals surface area contributed by atoms with Crippen LogP contribution in [0.1, 0.15) is 20.5 Å². The first-order valence-corrected chi connectivity index (χ1v) is 8.62. The largest absolute Gasteiger partial charge is 0.114 e. The lowest BCUT2D eigenvalue weighted by Gasteiger charge is -2.12. The summed E-state index contributed by atoms with van der Waals surface area (Å²) in [6.45, 7) is 0. The first kappa shape index (κ1) is 14.1. The van der Waals surface area contributed by atoms with Gasteiger partial charge in [-0.15, -0.1) is 23.2 Å². The second-order valence-electron chi connectivity index (χ2n) is 3.65. The maximum atomic E-state index is 6.32. The molecule has 2 aromatic carbocycles. The fraction of sp³-hybridized carbons (Fsp3) is 0.143. The zero-order valence-corrected chi connectivity index (χ0v) is 12.6. The third-order valence-electron chi connectivity index (χ3n) is 2.35. The summed E-state index contributed by atoms with van der Waals surface area (Å²) in [7, 11) is 3.17. The molecule has 0 amide bonds. The zero-order chi connectivity index (χ0) is 12.8. The highest BCUT2D eigenvalue weighted by Gasteiger charge is 2.13. The highest BCUT2D eigenvalue weighted by molar-refractivity contribution is 8.77. The van der Waals surface area contributed by atoms with E-state index in [0.717, 1.165) is 11.1 Å². The Kier molecular flexibility index (Phi) is 5.77. The van der Waals surface area contributed by atoms with E-state index in [2.05, 4.69) is 0 Å². The van der Waals surface area contributed by atoms with E-state index in [1.165, 1.54) is 0 Å². The first-order chi connectivity index (χ1) is 8.77. The fourth-order valence-corrected chi connectivity index (χ4v) is 4.45. The van der Waals surface area contributed by atoms with Gasteiger partial charge in [-0.1, -0.05) is 82.3 Å². The minimum atomic E-state index is -0.0823. The van der Waals surface area contributed by atoms with Crippen molar-refractivity contribution in [2.75, 3.05) is 0 Å². The van der Waals surface area contributed by atoms with Crippen LogP contribution in [-0.4, -0.2) is 0 Å². The van der Waals surface area contributed by atoms with Crippen LogP contribution in [0.2, 0.25) is 0 Å². The van der Waals surface area contributed by atoms with Crippen molar-refractivity contribution in [1.29, 1.82) is 0 Å². The number of rotatable bonds is 5. The molecule has 0 nitrogen and oxygen atoms in total. The molecular weight excluding hydrogens is 303 g/mol. The summed E-state index contributed by atoms with van der Waals surface area (Å²) < 4.78 is -0.165. The average molecular weight is 315 g/mol. The standard InChI is InChI=1S/C14H12Cl2S2/c15-13(11-7-3-1-4-8-11)17-18-14(16)12-9-5-2-6-10-12/h1-10,13-14H. The summed E-state index contributed by atoms with van der Waals surface area (Å²) >= 11 is 12.6. The van der Waals surface area contributed by atoms with E-state index >= 15 is 0 Å². The van der Waals surface area contributed by atoms with Gasteiger partial charge in [-0.05, 0) is 11.1 Å². The molecule has 0 aliphatic rings. The van der Waals surface area contributed by atoms with Gasteiger partial charge in [-0.2, -0.15) is 0 Å². The summed E-state index contributed by atoms with van der Waals surface area (Å²) in [5, 5.41) is 0. The highest BCUT2D eigenvalue weighted by atomic mass is 35.5. The fourth-order valence-electron chi connectivity index (χ4n) is 1.42. The summed E-state index contributed by atoms with van der Waals surface area (Å²) in [5.74, 6) is 0. The lowest BCUT2D eigenvalue weighted by Crippen LogP contribution is -1.85. The van der Waals surface area contributed by atoms with Crippen LogP contribution in [0.4, 0.5) is 0 Å². The van der Waals surface area contributed by atoms with Gasteiger partial charge in [0.2, 0.25) is 0 Å². The van der Waals surface area contributed by atoms with E-state index in [9.17, 15) is 0 Å². The normalized spacial score (nSPS) is 14.1. The van der Waals surface area contributed by atoms with Gasteiger partial charge in [0, 0.05) is 0 Å². The van der Waals surface area contributed by atoms with Crippen molar-refractivity contribution in [2.45, 2.75) is 9.42 Å². The average Bonchev–Trinajstić information content (AvgIpc) is 2.46. The molecular formula is C14H12Cl2S2. The Morgan fingerprint density at radius 3 is 1.28 bits per heavy atom. The molecule has 0 saturated heterocycles. The van der Waals surface area contributed by atoms with Gasteiger partial charge < -0.3 is 0 Å². The van der Waals surface area contributed by atoms with Gasteiger partial charge in [0.25, 0.3) is 0 Å². The van der Waals surface area contributed by atoms with Crippen molar-refractivity contribution >= 4 is 44.8 Å². The van der Waals surface area contributed by atoms with Crippen molar-refractivity contribution in [3.8, 4) is 0 Å². The maximum absolute atomic E-state index is 6.32. The Balaban J connectivity index is 1.89. The molecule has 0 fully saturated rings. The van der Waals surface area contributed by atoms with Gasteiger partial charge in [0.15, 0.2) is 0 Å². The van der Waals surface area contributed by atoms with Crippen molar-refractivity contribution in [2.24, 2.45) is 0 Å². The van der Waals surface area contributed by atoms with E-state index in [1.807, 2.05) is 60.7 Å². The Morgan fingerprint density at radius 1 is 0.611 bits per heavy atom. The molecule has 94 valence electrons. The zero-order valence-electron chi connectivity index (χ0n) is 9.50. The van der Waals surface area contributed by atoms with Crippen LogP contribution in [0.15, 0.2) is 60.7 Å². The van der Waals surface area contributed by atoms with E-state index in [1.54, 1.807) is 21.6 Å². The molecule has 0 bridgehead atoms. The van der Waals surface area contributed by atoms with E-state index in [-0.39, 0.29) is 9.42 Å². The Bertz CT molecular complexity index is 416. The quantitative estimate of drug-likeness (QED) is 0.473. The molecule has 2 atom stereocenters. The molecule has 0 saturated carbocycles. The number of benzene rings is 2. The molecule has 2 unspecified atom stereocenters. The summed E-state index contributed by atoms with van der Waals surface area (Å²) in [6.07, 6.45) is 0. The van der Waals surface area contributed by atoms with E-state index < -0.39 is 0 Å². The molecule has 18 heavy (non-hydrogen) atoms. The molecule has 2 rings (SSSR count). The van der Waals surface area contributed by atoms with Crippen molar-refractivity contribution in [1.82, 2.24) is 0 Å². The van der Waals surface area contributed by atoms with Gasteiger partial charge in [-0.25, -0.2) is 0 Å². The number of hydrogen-bond donors (Lipinski definition) is 0. The second kappa shape index (κ2) is 7.34. The monoisotopic (exact) mass is 314 g/mol. The van der Waals surface area contributed by atoms with Crippen LogP contribution in [0.5, 0.6) is 0 Å². The van der Waals surface area contributed by atoms with Crippen LogP contribution < -0.4 is 0 Å². The Morgan fingerprint density at radius 2 is 0.944 bits per heavy atom. The van der Waals surface area contributed by atoms with Crippen molar-refractivity contribution < 1.29 is 0 Å². The molecule has 4 heteroatoms. The molecule has 0 N–H and O–H groups in total. The minimum absolute atomic E-state index is 0.0823.